The third kappa shape index (κ3) is 5.03. The minimum atomic E-state index is -1.18. The van der Waals surface area contributed by atoms with Crippen molar-refractivity contribution in [3.63, 3.8) is 0 Å². The molecule has 0 aromatic heterocycles. The van der Waals surface area contributed by atoms with Crippen LogP contribution in [-0.2, 0) is 4.79 Å². The third-order valence-electron chi connectivity index (χ3n) is 2.68. The average Bonchev–Trinajstić information content (AvgIpc) is 2.43. The first kappa shape index (κ1) is 17.4. The summed E-state index contributed by atoms with van der Waals surface area (Å²) in [7, 11) is 0. The van der Waals surface area contributed by atoms with E-state index < -0.39 is 18.5 Å². The molecule has 8 heteroatoms. The van der Waals surface area contributed by atoms with E-state index in [9.17, 15) is 9.59 Å². The van der Waals surface area contributed by atoms with E-state index in [4.69, 9.17) is 44.6 Å². The van der Waals surface area contributed by atoms with E-state index in [-0.39, 0.29) is 11.3 Å². The molecule has 1 amide bonds. The van der Waals surface area contributed by atoms with Crippen molar-refractivity contribution in [2.75, 3.05) is 11.9 Å². The van der Waals surface area contributed by atoms with Gasteiger partial charge in [-0.1, -0.05) is 34.8 Å². The van der Waals surface area contributed by atoms with Crippen LogP contribution in [0.3, 0.4) is 0 Å². The second kappa shape index (κ2) is 7.55. The van der Waals surface area contributed by atoms with Crippen molar-refractivity contribution in [2.45, 2.75) is 0 Å². The third-order valence-corrected chi connectivity index (χ3v) is 3.35. The fraction of sp³-hybridized carbons (Fsp3) is 0.0667. The highest BCUT2D eigenvalue weighted by Gasteiger charge is 2.13. The number of hydrogen-bond acceptors (Lipinski definition) is 3. The zero-order chi connectivity index (χ0) is 17.0. The largest absolute Gasteiger partial charge is 0.483 e. The van der Waals surface area contributed by atoms with Crippen LogP contribution >= 0.6 is 34.8 Å². The summed E-state index contributed by atoms with van der Waals surface area (Å²) in [5, 5.41) is 12.7. The van der Waals surface area contributed by atoms with Gasteiger partial charge in [-0.15, -0.1) is 0 Å². The first-order chi connectivity index (χ1) is 10.8. The number of amides is 1. The molecule has 0 fully saturated rings. The topological polar surface area (TPSA) is 75.6 Å². The predicted molar refractivity (Wildman–Crippen MR) is 89.0 cm³/mol. The summed E-state index contributed by atoms with van der Waals surface area (Å²) in [6.45, 7) is -0.398. The van der Waals surface area contributed by atoms with Gasteiger partial charge >= 0.3 is 5.97 Å². The highest BCUT2D eigenvalue weighted by molar-refractivity contribution is 6.35. The smallest absolute Gasteiger partial charge is 0.339 e. The minimum Gasteiger partial charge on any atom is -0.483 e. The van der Waals surface area contributed by atoms with Crippen LogP contribution in [0.2, 0.25) is 15.1 Å². The van der Waals surface area contributed by atoms with E-state index in [2.05, 4.69) is 5.32 Å². The first-order valence-electron chi connectivity index (χ1n) is 6.27. The molecule has 0 saturated carbocycles. The standard InChI is InChI=1S/C15H10Cl3NO4/c16-8-1-2-12(15(21)22)13(6-8)23-7-14(20)19-11-4-9(17)3-10(18)5-11/h1-6H,7H2,(H,19,20)(H,21,22). The number of halogens is 3. The van der Waals surface area contributed by atoms with Crippen molar-refractivity contribution in [3.05, 3.63) is 57.0 Å². The number of ether oxygens (including phenoxy) is 1. The Labute approximate surface area is 146 Å². The van der Waals surface area contributed by atoms with Crippen LogP contribution < -0.4 is 10.1 Å². The predicted octanol–water partition coefficient (Wildman–Crippen LogP) is 4.36. The van der Waals surface area contributed by atoms with Gasteiger partial charge in [-0.25, -0.2) is 4.79 Å². The quantitative estimate of drug-likeness (QED) is 0.815. The normalized spacial score (nSPS) is 10.2. The second-order valence-corrected chi connectivity index (χ2v) is 5.75. The van der Waals surface area contributed by atoms with Gasteiger partial charge in [-0.3, -0.25) is 4.79 Å². The molecule has 0 radical (unpaired) electrons. The molecule has 0 atom stereocenters. The van der Waals surface area contributed by atoms with E-state index >= 15 is 0 Å². The fourth-order valence-electron chi connectivity index (χ4n) is 1.76. The molecule has 0 heterocycles. The number of anilines is 1. The van der Waals surface area contributed by atoms with Gasteiger partial charge in [0, 0.05) is 20.8 Å². The summed E-state index contributed by atoms with van der Waals surface area (Å²) in [5.74, 6) is -1.68. The van der Waals surface area contributed by atoms with Crippen molar-refractivity contribution < 1.29 is 19.4 Å². The molecule has 120 valence electrons. The van der Waals surface area contributed by atoms with Crippen LogP contribution in [0, 0.1) is 0 Å². The van der Waals surface area contributed by atoms with Gasteiger partial charge in [-0.2, -0.15) is 0 Å². The Morgan fingerprint density at radius 1 is 1.00 bits per heavy atom. The van der Waals surface area contributed by atoms with Crippen LogP contribution in [0.15, 0.2) is 36.4 Å². The molecule has 23 heavy (non-hydrogen) atoms. The highest BCUT2D eigenvalue weighted by atomic mass is 35.5. The molecule has 2 aromatic carbocycles. The second-order valence-electron chi connectivity index (χ2n) is 4.44. The monoisotopic (exact) mass is 373 g/mol. The van der Waals surface area contributed by atoms with Crippen LogP contribution in [0.1, 0.15) is 10.4 Å². The Balaban J connectivity index is 2.04. The highest BCUT2D eigenvalue weighted by Crippen LogP contribution is 2.24. The summed E-state index contributed by atoms with van der Waals surface area (Å²) in [6, 6.07) is 8.62. The number of aromatic carboxylic acids is 1. The van der Waals surface area contributed by atoms with E-state index in [0.717, 1.165) is 0 Å². The molecule has 0 unspecified atom stereocenters. The number of carboxylic acids is 1. The van der Waals surface area contributed by atoms with Crippen molar-refractivity contribution in [1.82, 2.24) is 0 Å². The number of nitrogens with one attached hydrogen (secondary N) is 1. The number of hydrogen-bond donors (Lipinski definition) is 2. The molecular weight excluding hydrogens is 365 g/mol. The SMILES string of the molecule is O=C(COc1cc(Cl)ccc1C(=O)O)Nc1cc(Cl)cc(Cl)c1. The Hall–Kier alpha value is -1.95. The van der Waals surface area contributed by atoms with Crippen LogP contribution in [0.4, 0.5) is 5.69 Å². The Morgan fingerprint density at radius 3 is 2.26 bits per heavy atom. The lowest BCUT2D eigenvalue weighted by molar-refractivity contribution is -0.118. The van der Waals surface area contributed by atoms with Crippen molar-refractivity contribution in [3.8, 4) is 5.75 Å². The zero-order valence-electron chi connectivity index (χ0n) is 11.5. The van der Waals surface area contributed by atoms with Gasteiger partial charge in [0.15, 0.2) is 6.61 Å². The molecule has 2 aromatic rings. The Bertz CT molecular complexity index is 744. The molecule has 0 aliphatic carbocycles. The van der Waals surface area contributed by atoms with Gasteiger partial charge in [0.25, 0.3) is 5.91 Å². The molecule has 0 spiro atoms. The summed E-state index contributed by atoms with van der Waals surface area (Å²) < 4.78 is 5.23. The van der Waals surface area contributed by atoms with Gasteiger partial charge < -0.3 is 15.2 Å². The lowest BCUT2D eigenvalue weighted by Gasteiger charge is -2.10. The van der Waals surface area contributed by atoms with Crippen molar-refractivity contribution in [2.24, 2.45) is 0 Å². The molecule has 0 saturated heterocycles. The van der Waals surface area contributed by atoms with Crippen molar-refractivity contribution >= 4 is 52.4 Å². The molecule has 0 bridgehead atoms. The zero-order valence-corrected chi connectivity index (χ0v) is 13.7. The van der Waals surface area contributed by atoms with Gasteiger partial charge in [-0.05, 0) is 36.4 Å². The van der Waals surface area contributed by atoms with Crippen LogP contribution in [-0.4, -0.2) is 23.6 Å². The summed E-state index contributed by atoms with van der Waals surface area (Å²) in [5.41, 5.74) is 0.314. The molecule has 5 nitrogen and oxygen atoms in total. The maximum atomic E-state index is 11.9. The van der Waals surface area contributed by atoms with E-state index in [1.54, 1.807) is 0 Å². The Kier molecular flexibility index (Phi) is 5.71. The summed E-state index contributed by atoms with van der Waals surface area (Å²) in [4.78, 5) is 23.0. The van der Waals surface area contributed by atoms with Gasteiger partial charge in [0.05, 0.1) is 0 Å². The average molecular weight is 375 g/mol. The van der Waals surface area contributed by atoms with E-state index in [0.29, 0.717) is 20.8 Å². The fourth-order valence-corrected chi connectivity index (χ4v) is 2.45. The number of benzene rings is 2. The maximum Gasteiger partial charge on any atom is 0.339 e. The van der Waals surface area contributed by atoms with E-state index in [1.165, 1.54) is 36.4 Å². The molecule has 2 rings (SSSR count). The van der Waals surface area contributed by atoms with Gasteiger partial charge in [0.1, 0.15) is 11.3 Å². The van der Waals surface area contributed by atoms with Crippen LogP contribution in [0.5, 0.6) is 5.75 Å². The summed E-state index contributed by atoms with van der Waals surface area (Å²) >= 11 is 17.5. The van der Waals surface area contributed by atoms with Gasteiger partial charge in [0.2, 0.25) is 0 Å². The number of carbonyl (C=O) groups is 2. The maximum absolute atomic E-state index is 11.9. The van der Waals surface area contributed by atoms with Crippen LogP contribution in [0.25, 0.3) is 0 Å². The first-order valence-corrected chi connectivity index (χ1v) is 7.40. The minimum absolute atomic E-state index is 0.00396. The molecule has 0 aliphatic rings. The molecule has 2 N–H and O–H groups in total. The Morgan fingerprint density at radius 2 is 1.65 bits per heavy atom. The summed E-state index contributed by atoms with van der Waals surface area (Å²) in [6.07, 6.45) is 0. The molecular formula is C15H10Cl3NO4. The molecule has 0 aliphatic heterocycles. The lowest BCUT2D eigenvalue weighted by atomic mass is 10.2. The number of rotatable bonds is 5. The number of carbonyl (C=O) groups excluding carboxylic acids is 1. The van der Waals surface area contributed by atoms with E-state index in [1.807, 2.05) is 0 Å². The van der Waals surface area contributed by atoms with Crippen molar-refractivity contribution in [1.29, 1.82) is 0 Å². The number of carboxylic acid groups (broad SMARTS) is 1. The lowest BCUT2D eigenvalue weighted by Crippen LogP contribution is -2.20.